The van der Waals surface area contributed by atoms with Crippen LogP contribution < -0.4 is 16.0 Å². The maximum Gasteiger partial charge on any atom is 0.250 e. The number of nitrogens with two attached hydrogens (primary N) is 1. The number of nitrogen functional groups attached to an aromatic ring is 1. The third kappa shape index (κ3) is 2.88. The zero-order valence-electron chi connectivity index (χ0n) is 9.67. The fourth-order valence-electron chi connectivity index (χ4n) is 1.50. The Morgan fingerprint density at radius 2 is 2.11 bits per heavy atom. The van der Waals surface area contributed by atoms with Gasteiger partial charge in [-0.05, 0) is 18.2 Å². The van der Waals surface area contributed by atoms with E-state index in [2.05, 4.69) is 0 Å². The highest BCUT2D eigenvalue weighted by atomic mass is 19.1. The van der Waals surface area contributed by atoms with Gasteiger partial charge in [0.2, 0.25) is 0 Å². The first kappa shape index (κ1) is 12.2. The van der Waals surface area contributed by atoms with Crippen LogP contribution in [0.15, 0.2) is 47.4 Å². The van der Waals surface area contributed by atoms with Crippen molar-refractivity contribution in [1.82, 2.24) is 4.57 Å². The van der Waals surface area contributed by atoms with Crippen LogP contribution in [0.1, 0.15) is 0 Å². The first-order valence-corrected chi connectivity index (χ1v) is 5.50. The van der Waals surface area contributed by atoms with E-state index in [4.69, 9.17) is 10.5 Å². The van der Waals surface area contributed by atoms with Crippen LogP contribution in [0.4, 0.5) is 10.1 Å². The van der Waals surface area contributed by atoms with Crippen molar-refractivity contribution in [3.05, 3.63) is 58.8 Å². The molecule has 0 saturated heterocycles. The van der Waals surface area contributed by atoms with Gasteiger partial charge in [-0.2, -0.15) is 0 Å². The Morgan fingerprint density at radius 3 is 2.83 bits per heavy atom. The van der Waals surface area contributed by atoms with Crippen molar-refractivity contribution in [1.29, 1.82) is 0 Å². The maximum atomic E-state index is 13.1. The van der Waals surface area contributed by atoms with E-state index >= 15 is 0 Å². The molecule has 1 aromatic carbocycles. The molecule has 0 aliphatic carbocycles. The number of ether oxygens (including phenoxy) is 1. The smallest absolute Gasteiger partial charge is 0.250 e. The first-order chi connectivity index (χ1) is 8.66. The molecule has 0 radical (unpaired) electrons. The van der Waals surface area contributed by atoms with Crippen LogP contribution in [0, 0.1) is 5.82 Å². The van der Waals surface area contributed by atoms with Gasteiger partial charge in [-0.25, -0.2) is 4.39 Å². The van der Waals surface area contributed by atoms with E-state index in [0.717, 1.165) is 0 Å². The topological polar surface area (TPSA) is 57.2 Å². The zero-order chi connectivity index (χ0) is 13.0. The molecule has 1 aromatic heterocycles. The van der Waals surface area contributed by atoms with Gasteiger partial charge < -0.3 is 15.0 Å². The molecule has 18 heavy (non-hydrogen) atoms. The van der Waals surface area contributed by atoms with Crippen LogP contribution in [0.25, 0.3) is 0 Å². The normalized spacial score (nSPS) is 10.3. The summed E-state index contributed by atoms with van der Waals surface area (Å²) < 4.78 is 20.0. The van der Waals surface area contributed by atoms with Crippen molar-refractivity contribution in [3.63, 3.8) is 0 Å². The third-order valence-corrected chi connectivity index (χ3v) is 2.47. The lowest BCUT2D eigenvalue weighted by atomic mass is 10.3. The standard InChI is InChI=1S/C13H13FN2O2/c14-11-9-10(4-5-12(11)15)18-8-7-16-6-2-1-3-13(16)17/h1-6,9H,7-8,15H2. The molecular weight excluding hydrogens is 235 g/mol. The number of hydrogen-bond acceptors (Lipinski definition) is 3. The Kier molecular flexibility index (Phi) is 3.62. The summed E-state index contributed by atoms with van der Waals surface area (Å²) in [5, 5.41) is 0. The molecule has 0 fully saturated rings. The molecular formula is C13H13FN2O2. The summed E-state index contributed by atoms with van der Waals surface area (Å²) in [7, 11) is 0. The second-order valence-corrected chi connectivity index (χ2v) is 3.76. The number of halogens is 1. The van der Waals surface area contributed by atoms with Gasteiger partial charge in [0.05, 0.1) is 12.2 Å². The second-order valence-electron chi connectivity index (χ2n) is 3.76. The number of nitrogens with zero attached hydrogens (tertiary/aromatic N) is 1. The summed E-state index contributed by atoms with van der Waals surface area (Å²) in [4.78, 5) is 11.4. The van der Waals surface area contributed by atoms with Crippen molar-refractivity contribution >= 4 is 5.69 Å². The highest BCUT2D eigenvalue weighted by Gasteiger charge is 2.01. The van der Waals surface area contributed by atoms with Crippen molar-refractivity contribution in [2.24, 2.45) is 0 Å². The second kappa shape index (κ2) is 5.35. The van der Waals surface area contributed by atoms with Gasteiger partial charge in [0.25, 0.3) is 5.56 Å². The lowest BCUT2D eigenvalue weighted by Crippen LogP contribution is -2.21. The highest BCUT2D eigenvalue weighted by molar-refractivity contribution is 5.43. The molecule has 0 aliphatic heterocycles. The number of anilines is 1. The quantitative estimate of drug-likeness (QED) is 0.837. The summed E-state index contributed by atoms with van der Waals surface area (Å²) in [6, 6.07) is 9.18. The van der Waals surface area contributed by atoms with Gasteiger partial charge in [0.15, 0.2) is 0 Å². The number of hydrogen-bond donors (Lipinski definition) is 1. The van der Waals surface area contributed by atoms with E-state index in [0.29, 0.717) is 12.3 Å². The Morgan fingerprint density at radius 1 is 1.28 bits per heavy atom. The summed E-state index contributed by atoms with van der Waals surface area (Å²) in [6.45, 7) is 0.693. The fraction of sp³-hybridized carbons (Fsp3) is 0.154. The van der Waals surface area contributed by atoms with E-state index in [1.807, 2.05) is 0 Å². The molecule has 2 N–H and O–H groups in total. The minimum absolute atomic E-state index is 0.0848. The van der Waals surface area contributed by atoms with Gasteiger partial charge in [-0.15, -0.1) is 0 Å². The molecule has 2 rings (SSSR count). The highest BCUT2D eigenvalue weighted by Crippen LogP contribution is 2.17. The van der Waals surface area contributed by atoms with Crippen molar-refractivity contribution in [2.75, 3.05) is 12.3 Å². The molecule has 0 aliphatic rings. The van der Waals surface area contributed by atoms with Gasteiger partial charge in [0.1, 0.15) is 18.2 Å². The van der Waals surface area contributed by atoms with Crippen LogP contribution in [0.3, 0.4) is 0 Å². The van der Waals surface area contributed by atoms with Crippen LogP contribution in [-0.4, -0.2) is 11.2 Å². The molecule has 1 heterocycles. The van der Waals surface area contributed by atoms with Crippen LogP contribution in [0.2, 0.25) is 0 Å². The summed E-state index contributed by atoms with van der Waals surface area (Å²) >= 11 is 0. The van der Waals surface area contributed by atoms with Gasteiger partial charge in [-0.3, -0.25) is 4.79 Å². The van der Waals surface area contributed by atoms with E-state index in [9.17, 15) is 9.18 Å². The Bertz CT molecular complexity index is 596. The van der Waals surface area contributed by atoms with Gasteiger partial charge in [0, 0.05) is 18.3 Å². The van der Waals surface area contributed by atoms with Gasteiger partial charge in [-0.1, -0.05) is 6.07 Å². The lowest BCUT2D eigenvalue weighted by molar-refractivity contribution is 0.295. The molecule has 94 valence electrons. The average molecular weight is 248 g/mol. The minimum Gasteiger partial charge on any atom is -0.492 e. The van der Waals surface area contributed by atoms with Gasteiger partial charge >= 0.3 is 0 Å². The number of rotatable bonds is 4. The summed E-state index contributed by atoms with van der Waals surface area (Å²) in [5.74, 6) is -0.116. The molecule has 0 unspecified atom stereocenters. The van der Waals surface area contributed by atoms with E-state index in [-0.39, 0.29) is 17.9 Å². The Hall–Kier alpha value is -2.30. The molecule has 0 amide bonds. The molecule has 5 heteroatoms. The molecule has 0 bridgehead atoms. The maximum absolute atomic E-state index is 13.1. The Balaban J connectivity index is 1.95. The third-order valence-electron chi connectivity index (χ3n) is 2.47. The molecule has 4 nitrogen and oxygen atoms in total. The fourth-order valence-corrected chi connectivity index (χ4v) is 1.50. The average Bonchev–Trinajstić information content (AvgIpc) is 2.36. The largest absolute Gasteiger partial charge is 0.492 e. The van der Waals surface area contributed by atoms with E-state index in [1.54, 1.807) is 24.4 Å². The van der Waals surface area contributed by atoms with Crippen molar-refractivity contribution in [3.8, 4) is 5.75 Å². The van der Waals surface area contributed by atoms with Crippen molar-refractivity contribution in [2.45, 2.75) is 6.54 Å². The molecule has 2 aromatic rings. The lowest BCUT2D eigenvalue weighted by Gasteiger charge is -2.08. The predicted octanol–water partition coefficient (Wildman–Crippen LogP) is 1.65. The monoisotopic (exact) mass is 248 g/mol. The predicted molar refractivity (Wildman–Crippen MR) is 67.0 cm³/mol. The van der Waals surface area contributed by atoms with Crippen LogP contribution in [0.5, 0.6) is 5.75 Å². The van der Waals surface area contributed by atoms with Crippen LogP contribution >= 0.6 is 0 Å². The van der Waals surface area contributed by atoms with E-state index < -0.39 is 5.82 Å². The SMILES string of the molecule is Nc1ccc(OCCn2ccccc2=O)cc1F. The Labute approximate surface area is 103 Å². The number of benzene rings is 1. The first-order valence-electron chi connectivity index (χ1n) is 5.50. The minimum atomic E-state index is -0.510. The van der Waals surface area contributed by atoms with E-state index in [1.165, 1.54) is 22.8 Å². The molecule has 0 atom stereocenters. The number of pyridine rings is 1. The van der Waals surface area contributed by atoms with Crippen LogP contribution in [-0.2, 0) is 6.54 Å². The van der Waals surface area contributed by atoms with Crippen molar-refractivity contribution < 1.29 is 9.13 Å². The zero-order valence-corrected chi connectivity index (χ0v) is 9.67. The molecule has 0 spiro atoms. The number of aromatic nitrogens is 1. The summed E-state index contributed by atoms with van der Waals surface area (Å²) in [5.41, 5.74) is 5.34. The summed E-state index contributed by atoms with van der Waals surface area (Å²) in [6.07, 6.45) is 1.68. The molecule has 0 saturated carbocycles.